The largest absolute Gasteiger partial charge is 0.337 e. The molecule has 132 valence electrons. The Morgan fingerprint density at radius 1 is 1.38 bits per heavy atom. The molecular formula is C15H20Cl2N4O2S. The number of halogens is 2. The van der Waals surface area contributed by atoms with E-state index in [9.17, 15) is 8.42 Å². The molecule has 0 bridgehead atoms. The molecule has 3 rings (SSSR count). The lowest BCUT2D eigenvalue weighted by molar-refractivity contribution is 0.258. The van der Waals surface area contributed by atoms with E-state index >= 15 is 0 Å². The Kier molecular flexibility index (Phi) is 5.93. The van der Waals surface area contributed by atoms with Crippen molar-refractivity contribution in [1.29, 1.82) is 0 Å². The maximum Gasteiger partial charge on any atom is 0.244 e. The summed E-state index contributed by atoms with van der Waals surface area (Å²) in [4.78, 5) is 4.62. The van der Waals surface area contributed by atoms with E-state index < -0.39 is 10.0 Å². The normalized spacial score (nSPS) is 19.0. The summed E-state index contributed by atoms with van der Waals surface area (Å²) in [6, 6.07) is 4.53. The van der Waals surface area contributed by atoms with E-state index in [1.54, 1.807) is 31.3 Å². The summed E-state index contributed by atoms with van der Waals surface area (Å²) >= 11 is 5.95. The first-order valence-corrected chi connectivity index (χ1v) is 9.19. The zero-order valence-electron chi connectivity index (χ0n) is 13.4. The van der Waals surface area contributed by atoms with Crippen LogP contribution in [0, 0.1) is 6.92 Å². The van der Waals surface area contributed by atoms with Crippen LogP contribution in [0.4, 0.5) is 0 Å². The number of nitrogens with zero attached hydrogens (tertiary/aromatic N) is 3. The molecule has 0 spiro atoms. The fraction of sp³-hybridized carbons (Fsp3) is 0.400. The fourth-order valence-corrected chi connectivity index (χ4v) is 4.94. The van der Waals surface area contributed by atoms with Gasteiger partial charge in [-0.3, -0.25) is 0 Å². The van der Waals surface area contributed by atoms with Crippen molar-refractivity contribution < 1.29 is 8.42 Å². The molecule has 1 aromatic heterocycles. The molecule has 0 radical (unpaired) electrons. The van der Waals surface area contributed by atoms with Crippen molar-refractivity contribution in [3.63, 3.8) is 0 Å². The van der Waals surface area contributed by atoms with Crippen molar-refractivity contribution in [2.24, 2.45) is 7.05 Å². The molecule has 1 aliphatic rings. The number of sulfonamides is 1. The van der Waals surface area contributed by atoms with Crippen LogP contribution in [0.15, 0.2) is 35.5 Å². The zero-order valence-corrected chi connectivity index (χ0v) is 15.8. The molecule has 24 heavy (non-hydrogen) atoms. The molecule has 6 nitrogen and oxygen atoms in total. The number of nitrogens with one attached hydrogen (secondary N) is 1. The van der Waals surface area contributed by atoms with Crippen LogP contribution in [0.1, 0.15) is 17.4 Å². The number of aromatic nitrogens is 2. The molecule has 1 N–H and O–H groups in total. The maximum absolute atomic E-state index is 13.2. The van der Waals surface area contributed by atoms with Gasteiger partial charge in [0.2, 0.25) is 10.0 Å². The third-order valence-electron chi connectivity index (χ3n) is 4.07. The second-order valence-corrected chi connectivity index (χ2v) is 7.94. The van der Waals surface area contributed by atoms with E-state index in [0.29, 0.717) is 35.1 Å². The van der Waals surface area contributed by atoms with Gasteiger partial charge in [-0.2, -0.15) is 4.31 Å². The van der Waals surface area contributed by atoms with Gasteiger partial charge >= 0.3 is 0 Å². The first-order valence-electron chi connectivity index (χ1n) is 7.37. The highest BCUT2D eigenvalue weighted by molar-refractivity contribution is 7.89. The monoisotopic (exact) mass is 390 g/mol. The van der Waals surface area contributed by atoms with Crippen molar-refractivity contribution in [1.82, 2.24) is 19.2 Å². The average Bonchev–Trinajstić information content (AvgIpc) is 2.93. The minimum atomic E-state index is -3.62. The first kappa shape index (κ1) is 19.2. The van der Waals surface area contributed by atoms with Gasteiger partial charge in [-0.15, -0.1) is 12.4 Å². The minimum absolute atomic E-state index is 0. The molecule has 2 heterocycles. The third kappa shape index (κ3) is 3.45. The van der Waals surface area contributed by atoms with Crippen LogP contribution in [0.5, 0.6) is 0 Å². The van der Waals surface area contributed by atoms with Gasteiger partial charge in [0.15, 0.2) is 0 Å². The van der Waals surface area contributed by atoms with E-state index in [1.807, 2.05) is 17.8 Å². The predicted molar refractivity (Wildman–Crippen MR) is 96.1 cm³/mol. The minimum Gasteiger partial charge on any atom is -0.337 e. The molecule has 0 aliphatic carbocycles. The Bertz CT molecular complexity index is 823. The number of piperazine rings is 1. The molecule has 1 atom stereocenters. The summed E-state index contributed by atoms with van der Waals surface area (Å²) in [7, 11) is -1.75. The average molecular weight is 391 g/mol. The first-order chi connectivity index (χ1) is 10.9. The summed E-state index contributed by atoms with van der Waals surface area (Å²) in [5.41, 5.74) is 0.648. The number of hydrogen-bond donors (Lipinski definition) is 1. The van der Waals surface area contributed by atoms with Crippen LogP contribution in [-0.2, 0) is 17.1 Å². The van der Waals surface area contributed by atoms with E-state index in [1.165, 1.54) is 4.31 Å². The molecular weight excluding hydrogens is 371 g/mol. The van der Waals surface area contributed by atoms with Gasteiger partial charge in [0.25, 0.3) is 0 Å². The SMILES string of the molecule is Cc1cc(Cl)ccc1S(=O)(=O)N1CCNCC1c1nccn1C.Cl. The quantitative estimate of drug-likeness (QED) is 0.871. The summed E-state index contributed by atoms with van der Waals surface area (Å²) < 4.78 is 29.7. The van der Waals surface area contributed by atoms with Gasteiger partial charge in [0.1, 0.15) is 5.82 Å². The van der Waals surface area contributed by atoms with Gasteiger partial charge in [-0.1, -0.05) is 11.6 Å². The molecule has 1 fully saturated rings. The lowest BCUT2D eigenvalue weighted by atomic mass is 10.2. The second-order valence-electron chi connectivity index (χ2n) is 5.64. The highest BCUT2D eigenvalue weighted by atomic mass is 35.5. The standard InChI is InChI=1S/C15H19ClN4O2S.ClH/c1-11-9-12(16)3-4-14(11)23(21,22)20-8-5-17-10-13(20)15-18-6-7-19(15)2;/h3-4,6-7,9,13,17H,5,8,10H2,1-2H3;1H. The highest BCUT2D eigenvalue weighted by Gasteiger charge is 2.36. The van der Waals surface area contributed by atoms with Crippen LogP contribution in [0.25, 0.3) is 0 Å². The molecule has 0 amide bonds. The molecule has 1 aromatic carbocycles. The van der Waals surface area contributed by atoms with Crippen LogP contribution in [0.3, 0.4) is 0 Å². The summed E-state index contributed by atoms with van der Waals surface area (Å²) in [5, 5.41) is 3.78. The Morgan fingerprint density at radius 3 is 2.75 bits per heavy atom. The van der Waals surface area contributed by atoms with Gasteiger partial charge in [0, 0.05) is 44.1 Å². The molecule has 2 aromatic rings. The molecule has 0 saturated carbocycles. The fourth-order valence-electron chi connectivity index (χ4n) is 2.92. The maximum atomic E-state index is 13.2. The van der Waals surface area contributed by atoms with Gasteiger partial charge in [-0.25, -0.2) is 13.4 Å². The van der Waals surface area contributed by atoms with E-state index in [4.69, 9.17) is 11.6 Å². The second kappa shape index (κ2) is 7.41. The van der Waals surface area contributed by atoms with E-state index in [0.717, 1.165) is 5.82 Å². The van der Waals surface area contributed by atoms with Crippen molar-refractivity contribution in [3.05, 3.63) is 47.0 Å². The molecule has 9 heteroatoms. The van der Waals surface area contributed by atoms with Crippen molar-refractivity contribution in [3.8, 4) is 0 Å². The lowest BCUT2D eigenvalue weighted by Gasteiger charge is -2.35. The van der Waals surface area contributed by atoms with Gasteiger partial charge < -0.3 is 9.88 Å². The number of benzene rings is 1. The Balaban J connectivity index is 0.00000208. The van der Waals surface area contributed by atoms with Crippen LogP contribution < -0.4 is 5.32 Å². The summed E-state index contributed by atoms with van der Waals surface area (Å²) in [5.74, 6) is 0.729. The van der Waals surface area contributed by atoms with Crippen LogP contribution in [-0.4, -0.2) is 41.9 Å². The third-order valence-corrected chi connectivity index (χ3v) is 6.38. The Labute approximate surface area is 153 Å². The number of hydrogen-bond acceptors (Lipinski definition) is 4. The van der Waals surface area contributed by atoms with Crippen molar-refractivity contribution in [2.75, 3.05) is 19.6 Å². The Morgan fingerprint density at radius 2 is 2.12 bits per heavy atom. The zero-order chi connectivity index (χ0) is 16.6. The predicted octanol–water partition coefficient (Wildman–Crippen LogP) is 2.14. The summed E-state index contributed by atoms with van der Waals surface area (Å²) in [6.07, 6.45) is 3.50. The molecule has 1 aliphatic heterocycles. The Hall–Kier alpha value is -1.12. The van der Waals surface area contributed by atoms with Crippen LogP contribution >= 0.6 is 24.0 Å². The molecule has 1 unspecified atom stereocenters. The smallest absolute Gasteiger partial charge is 0.244 e. The van der Waals surface area contributed by atoms with E-state index in [-0.39, 0.29) is 18.4 Å². The van der Waals surface area contributed by atoms with Gasteiger partial charge in [0.05, 0.1) is 10.9 Å². The summed E-state index contributed by atoms with van der Waals surface area (Å²) in [6.45, 7) is 3.32. The highest BCUT2D eigenvalue weighted by Crippen LogP contribution is 2.30. The number of imidazole rings is 1. The van der Waals surface area contributed by atoms with Crippen LogP contribution in [0.2, 0.25) is 5.02 Å². The van der Waals surface area contributed by atoms with Crippen molar-refractivity contribution in [2.45, 2.75) is 17.9 Å². The molecule has 1 saturated heterocycles. The number of rotatable bonds is 3. The topological polar surface area (TPSA) is 67.2 Å². The van der Waals surface area contributed by atoms with Gasteiger partial charge in [-0.05, 0) is 30.7 Å². The number of aryl methyl sites for hydroxylation is 2. The van der Waals surface area contributed by atoms with Crippen molar-refractivity contribution >= 4 is 34.0 Å². The van der Waals surface area contributed by atoms with E-state index in [2.05, 4.69) is 10.3 Å². The lowest BCUT2D eigenvalue weighted by Crippen LogP contribution is -2.49.